The highest BCUT2D eigenvalue weighted by molar-refractivity contribution is 5.15. The molecule has 1 aromatic heterocycles. The van der Waals surface area contributed by atoms with Crippen molar-refractivity contribution in [2.45, 2.75) is 57.2 Å². The zero-order valence-corrected chi connectivity index (χ0v) is 12.1. The van der Waals surface area contributed by atoms with Crippen LogP contribution in [0.25, 0.3) is 0 Å². The van der Waals surface area contributed by atoms with Crippen molar-refractivity contribution in [3.63, 3.8) is 0 Å². The molecule has 4 bridgehead atoms. The molecule has 0 aliphatic heterocycles. The lowest BCUT2D eigenvalue weighted by Crippen LogP contribution is -2.58. The Kier molecular flexibility index (Phi) is 3.08. The first kappa shape index (κ1) is 12.8. The normalized spacial score (nSPS) is 38.4. The molecular formula is C17H25N3. The van der Waals surface area contributed by atoms with Gasteiger partial charge in [0.05, 0.1) is 5.69 Å². The zero-order chi connectivity index (χ0) is 13.6. The molecule has 0 radical (unpaired) electrons. The molecule has 0 atom stereocenters. The molecule has 4 fully saturated rings. The van der Waals surface area contributed by atoms with Gasteiger partial charge in [0.15, 0.2) is 0 Å². The first-order valence-electron chi connectivity index (χ1n) is 8.13. The third-order valence-electron chi connectivity index (χ3n) is 5.80. The number of hydrogen-bond acceptors (Lipinski definition) is 3. The highest BCUT2D eigenvalue weighted by atomic mass is 15.0. The van der Waals surface area contributed by atoms with Crippen molar-refractivity contribution >= 4 is 0 Å². The minimum atomic E-state index is 0.446. The van der Waals surface area contributed by atoms with Crippen molar-refractivity contribution in [2.24, 2.45) is 23.5 Å². The van der Waals surface area contributed by atoms with Gasteiger partial charge in [0, 0.05) is 24.8 Å². The SMILES string of the molecule is NCc1ccc(CNC23CC4CC(CC(C4)C2)C3)cn1. The largest absolute Gasteiger partial charge is 0.325 e. The summed E-state index contributed by atoms with van der Waals surface area (Å²) < 4.78 is 0. The number of rotatable bonds is 4. The molecule has 3 N–H and O–H groups in total. The van der Waals surface area contributed by atoms with E-state index in [9.17, 15) is 0 Å². The molecular weight excluding hydrogens is 246 g/mol. The van der Waals surface area contributed by atoms with Crippen LogP contribution in [-0.2, 0) is 13.1 Å². The van der Waals surface area contributed by atoms with Crippen LogP contribution in [0, 0.1) is 17.8 Å². The van der Waals surface area contributed by atoms with Crippen molar-refractivity contribution in [1.29, 1.82) is 0 Å². The molecule has 1 aromatic rings. The Bertz CT molecular complexity index is 444. The zero-order valence-electron chi connectivity index (χ0n) is 12.1. The van der Waals surface area contributed by atoms with Gasteiger partial charge in [-0.15, -0.1) is 0 Å². The lowest BCUT2D eigenvalue weighted by atomic mass is 9.53. The Morgan fingerprint density at radius 3 is 2.25 bits per heavy atom. The van der Waals surface area contributed by atoms with Gasteiger partial charge < -0.3 is 11.1 Å². The van der Waals surface area contributed by atoms with Crippen molar-refractivity contribution < 1.29 is 0 Å². The molecule has 0 unspecified atom stereocenters. The van der Waals surface area contributed by atoms with Gasteiger partial charge in [-0.25, -0.2) is 0 Å². The summed E-state index contributed by atoms with van der Waals surface area (Å²) in [6.07, 6.45) is 10.7. The third-order valence-corrected chi connectivity index (χ3v) is 5.80. The molecule has 4 aliphatic rings. The van der Waals surface area contributed by atoms with Crippen LogP contribution in [0.1, 0.15) is 49.8 Å². The molecule has 0 spiro atoms. The second-order valence-corrected chi connectivity index (χ2v) is 7.41. The predicted octanol–water partition coefficient (Wildman–Crippen LogP) is 2.60. The topological polar surface area (TPSA) is 50.9 Å². The second-order valence-electron chi connectivity index (χ2n) is 7.41. The number of aromatic nitrogens is 1. The molecule has 4 aliphatic carbocycles. The van der Waals surface area contributed by atoms with Crippen LogP contribution in [0.15, 0.2) is 18.3 Å². The summed E-state index contributed by atoms with van der Waals surface area (Å²) >= 11 is 0. The summed E-state index contributed by atoms with van der Waals surface area (Å²) in [5, 5.41) is 3.91. The summed E-state index contributed by atoms with van der Waals surface area (Å²) in [7, 11) is 0. The fourth-order valence-electron chi connectivity index (χ4n) is 5.30. The van der Waals surface area contributed by atoms with Gasteiger partial charge in [-0.2, -0.15) is 0 Å². The van der Waals surface area contributed by atoms with E-state index in [0.29, 0.717) is 12.1 Å². The van der Waals surface area contributed by atoms with Crippen LogP contribution < -0.4 is 11.1 Å². The number of pyridine rings is 1. The van der Waals surface area contributed by atoms with Gasteiger partial charge in [-0.1, -0.05) is 6.07 Å². The van der Waals surface area contributed by atoms with Crippen LogP contribution in [0.3, 0.4) is 0 Å². The molecule has 4 saturated carbocycles. The molecule has 0 amide bonds. The predicted molar refractivity (Wildman–Crippen MR) is 79.9 cm³/mol. The van der Waals surface area contributed by atoms with Crippen molar-refractivity contribution in [1.82, 2.24) is 10.3 Å². The highest BCUT2D eigenvalue weighted by Gasteiger charge is 2.50. The fourth-order valence-corrected chi connectivity index (χ4v) is 5.30. The molecule has 108 valence electrons. The van der Waals surface area contributed by atoms with E-state index in [1.54, 1.807) is 0 Å². The summed E-state index contributed by atoms with van der Waals surface area (Å²) in [4.78, 5) is 4.40. The number of nitrogens with two attached hydrogens (primary N) is 1. The Labute approximate surface area is 121 Å². The average molecular weight is 271 g/mol. The van der Waals surface area contributed by atoms with Gasteiger partial charge in [0.2, 0.25) is 0 Å². The lowest BCUT2D eigenvalue weighted by Gasteiger charge is -2.57. The van der Waals surface area contributed by atoms with Crippen LogP contribution in [0.4, 0.5) is 0 Å². The van der Waals surface area contributed by atoms with Crippen molar-refractivity contribution in [3.05, 3.63) is 29.6 Å². The van der Waals surface area contributed by atoms with Crippen LogP contribution in [-0.4, -0.2) is 10.5 Å². The minimum Gasteiger partial charge on any atom is -0.325 e. The highest BCUT2D eigenvalue weighted by Crippen LogP contribution is 2.55. The van der Waals surface area contributed by atoms with Gasteiger partial charge in [0.25, 0.3) is 0 Å². The Balaban J connectivity index is 1.43. The van der Waals surface area contributed by atoms with Gasteiger partial charge in [-0.05, 0) is 67.9 Å². The third kappa shape index (κ3) is 2.27. The molecule has 0 aromatic carbocycles. The van der Waals surface area contributed by atoms with Crippen LogP contribution in [0.2, 0.25) is 0 Å². The quantitative estimate of drug-likeness (QED) is 0.885. The van der Waals surface area contributed by atoms with Crippen LogP contribution >= 0.6 is 0 Å². The number of nitrogens with one attached hydrogen (secondary N) is 1. The molecule has 1 heterocycles. The van der Waals surface area contributed by atoms with E-state index in [1.807, 2.05) is 6.20 Å². The maximum Gasteiger partial charge on any atom is 0.0539 e. The molecule has 20 heavy (non-hydrogen) atoms. The fraction of sp³-hybridized carbons (Fsp3) is 0.706. The number of hydrogen-bond donors (Lipinski definition) is 2. The Morgan fingerprint density at radius 1 is 1.10 bits per heavy atom. The Hall–Kier alpha value is -0.930. The van der Waals surface area contributed by atoms with Crippen molar-refractivity contribution in [3.8, 4) is 0 Å². The van der Waals surface area contributed by atoms with E-state index in [0.717, 1.165) is 30.0 Å². The standard InChI is InChI=1S/C17H25N3/c18-9-16-2-1-12(10-19-16)11-20-17-6-13-3-14(7-17)5-15(4-13)8-17/h1-2,10,13-15,20H,3-9,11,18H2. The summed E-state index contributed by atoms with van der Waals surface area (Å²) in [5.41, 5.74) is 8.31. The molecule has 3 heteroatoms. The first-order valence-corrected chi connectivity index (χ1v) is 8.13. The number of nitrogens with zero attached hydrogens (tertiary/aromatic N) is 1. The van der Waals surface area contributed by atoms with E-state index < -0.39 is 0 Å². The van der Waals surface area contributed by atoms with Gasteiger partial charge >= 0.3 is 0 Å². The lowest BCUT2D eigenvalue weighted by molar-refractivity contribution is -0.0206. The summed E-state index contributed by atoms with van der Waals surface area (Å²) in [5.74, 6) is 3.02. The molecule has 5 rings (SSSR count). The minimum absolute atomic E-state index is 0.446. The first-order chi connectivity index (χ1) is 9.75. The maximum atomic E-state index is 5.60. The van der Waals surface area contributed by atoms with Gasteiger partial charge in [0.1, 0.15) is 0 Å². The van der Waals surface area contributed by atoms with E-state index in [-0.39, 0.29) is 0 Å². The van der Waals surface area contributed by atoms with E-state index in [2.05, 4.69) is 22.4 Å². The monoisotopic (exact) mass is 271 g/mol. The van der Waals surface area contributed by atoms with Gasteiger partial charge in [-0.3, -0.25) is 4.98 Å². The smallest absolute Gasteiger partial charge is 0.0539 e. The Morgan fingerprint density at radius 2 is 1.75 bits per heavy atom. The van der Waals surface area contributed by atoms with E-state index in [4.69, 9.17) is 5.73 Å². The second kappa shape index (κ2) is 4.81. The van der Waals surface area contributed by atoms with E-state index in [1.165, 1.54) is 44.1 Å². The maximum absolute atomic E-state index is 5.60. The van der Waals surface area contributed by atoms with Crippen LogP contribution in [0.5, 0.6) is 0 Å². The van der Waals surface area contributed by atoms with Crippen molar-refractivity contribution in [2.75, 3.05) is 0 Å². The summed E-state index contributed by atoms with van der Waals surface area (Å²) in [6.45, 7) is 1.49. The molecule has 3 nitrogen and oxygen atoms in total. The average Bonchev–Trinajstić information content (AvgIpc) is 2.44. The summed E-state index contributed by atoms with van der Waals surface area (Å²) in [6, 6.07) is 4.22. The molecule has 0 saturated heterocycles. The van der Waals surface area contributed by atoms with E-state index >= 15 is 0 Å².